The van der Waals surface area contributed by atoms with E-state index in [1.165, 1.54) is 11.1 Å². The molecule has 1 aliphatic rings. The lowest BCUT2D eigenvalue weighted by molar-refractivity contribution is -0.274. The van der Waals surface area contributed by atoms with Gasteiger partial charge in [-0.1, -0.05) is 24.3 Å². The Bertz CT molecular complexity index is 922. The molecule has 5 nitrogen and oxygen atoms in total. The van der Waals surface area contributed by atoms with Gasteiger partial charge < -0.3 is 4.74 Å². The van der Waals surface area contributed by atoms with Gasteiger partial charge in [-0.2, -0.15) is 0 Å². The molecule has 0 spiro atoms. The number of halogens is 4. The molecule has 10 heteroatoms. The minimum absolute atomic E-state index is 0. The second kappa shape index (κ2) is 10.5. The fourth-order valence-corrected chi connectivity index (χ4v) is 4.39. The zero-order chi connectivity index (χ0) is 20.9. The summed E-state index contributed by atoms with van der Waals surface area (Å²) in [5.41, 5.74) is 2.74. The van der Waals surface area contributed by atoms with Gasteiger partial charge >= 0.3 is 6.36 Å². The normalized spacial score (nSPS) is 14.6. The van der Waals surface area contributed by atoms with E-state index in [0.29, 0.717) is 6.42 Å². The van der Waals surface area contributed by atoms with Crippen LogP contribution in [-0.2, 0) is 23.0 Å². The van der Waals surface area contributed by atoms with Gasteiger partial charge in [-0.05, 0) is 61.2 Å². The van der Waals surface area contributed by atoms with Gasteiger partial charge in [0.1, 0.15) is 5.75 Å². The third-order valence-electron chi connectivity index (χ3n) is 4.77. The Morgan fingerprint density at radius 2 is 1.67 bits per heavy atom. The van der Waals surface area contributed by atoms with Gasteiger partial charge in [-0.25, -0.2) is 13.1 Å². The van der Waals surface area contributed by atoms with Crippen molar-refractivity contribution in [3.63, 3.8) is 0 Å². The molecule has 0 unspecified atom stereocenters. The van der Waals surface area contributed by atoms with E-state index >= 15 is 0 Å². The van der Waals surface area contributed by atoms with Gasteiger partial charge in [0.25, 0.3) is 0 Å². The molecular weight excluding hydrogens is 441 g/mol. The van der Waals surface area contributed by atoms with E-state index in [1.54, 1.807) is 0 Å². The predicted octanol–water partition coefficient (Wildman–Crippen LogP) is 4.12. The summed E-state index contributed by atoms with van der Waals surface area (Å²) in [4.78, 5) is 2.26. The molecule has 1 N–H and O–H groups in total. The number of nitrogens with zero attached hydrogens (tertiary/aromatic N) is 1. The van der Waals surface area contributed by atoms with Crippen LogP contribution in [0.1, 0.15) is 24.0 Å². The monoisotopic (exact) mass is 464 g/mol. The van der Waals surface area contributed by atoms with E-state index < -0.39 is 22.1 Å². The maximum Gasteiger partial charge on any atom is 0.573 e. The quantitative estimate of drug-likeness (QED) is 0.597. The zero-order valence-corrected chi connectivity index (χ0v) is 17.8. The fourth-order valence-electron chi connectivity index (χ4n) is 3.32. The molecule has 0 aliphatic carbocycles. The van der Waals surface area contributed by atoms with Crippen molar-refractivity contribution in [2.75, 3.05) is 19.6 Å². The average Bonchev–Trinajstić information content (AvgIpc) is 2.67. The first kappa shape index (κ1) is 24.5. The lowest BCUT2D eigenvalue weighted by atomic mass is 10.00. The number of fused-ring (bicyclic) bond motifs is 1. The topological polar surface area (TPSA) is 58.6 Å². The third-order valence-corrected chi connectivity index (χ3v) is 6.25. The molecule has 0 amide bonds. The highest BCUT2D eigenvalue weighted by molar-refractivity contribution is 7.89. The van der Waals surface area contributed by atoms with Crippen LogP contribution < -0.4 is 9.46 Å². The first-order valence-electron chi connectivity index (χ1n) is 9.37. The average molecular weight is 465 g/mol. The highest BCUT2D eigenvalue weighted by Gasteiger charge is 2.31. The standard InChI is InChI=1S/C20H23F3N2O3S.ClH/c21-20(22,23)28-18-7-9-19(10-8-18)29(26,27)24-12-3-4-13-25-14-11-16-5-1-2-6-17(16)15-25;/h1-2,5-10,24H,3-4,11-15H2;1H. The molecule has 0 radical (unpaired) electrons. The molecule has 2 aromatic rings. The molecule has 1 heterocycles. The summed E-state index contributed by atoms with van der Waals surface area (Å²) < 4.78 is 67.2. The molecule has 0 fully saturated rings. The van der Waals surface area contributed by atoms with Gasteiger partial charge in [-0.3, -0.25) is 4.90 Å². The molecule has 0 bridgehead atoms. The largest absolute Gasteiger partial charge is 0.573 e. The van der Waals surface area contributed by atoms with Crippen LogP contribution in [0.2, 0.25) is 0 Å². The maximum atomic E-state index is 12.2. The SMILES string of the molecule is Cl.O=S(=O)(NCCCCN1CCc2ccccc2C1)c1ccc(OC(F)(F)F)cc1. The van der Waals surface area contributed by atoms with Gasteiger partial charge in [0.05, 0.1) is 4.90 Å². The van der Waals surface area contributed by atoms with Crippen LogP contribution in [0.3, 0.4) is 0 Å². The first-order chi connectivity index (χ1) is 13.7. The number of alkyl halides is 3. The molecule has 0 saturated heterocycles. The van der Waals surface area contributed by atoms with Gasteiger partial charge in [0, 0.05) is 19.6 Å². The molecule has 1 aliphatic heterocycles. The molecular formula is C20H24ClF3N2O3S. The molecule has 2 aromatic carbocycles. The van der Waals surface area contributed by atoms with Crippen LogP contribution in [0.4, 0.5) is 13.2 Å². The van der Waals surface area contributed by atoms with Gasteiger partial charge in [-0.15, -0.1) is 25.6 Å². The molecule has 166 valence electrons. The molecule has 3 rings (SSSR count). The number of rotatable bonds is 8. The number of hydrogen-bond acceptors (Lipinski definition) is 4. The van der Waals surface area contributed by atoms with Crippen molar-refractivity contribution in [1.82, 2.24) is 9.62 Å². The van der Waals surface area contributed by atoms with Crippen molar-refractivity contribution in [3.8, 4) is 5.75 Å². The Balaban J connectivity index is 0.00000320. The zero-order valence-electron chi connectivity index (χ0n) is 16.2. The fraction of sp³-hybridized carbons (Fsp3) is 0.400. The van der Waals surface area contributed by atoms with E-state index in [9.17, 15) is 21.6 Å². The van der Waals surface area contributed by atoms with Crippen molar-refractivity contribution in [2.45, 2.75) is 37.1 Å². The van der Waals surface area contributed by atoms with E-state index in [0.717, 1.165) is 56.7 Å². The Kier molecular flexibility index (Phi) is 8.54. The highest BCUT2D eigenvalue weighted by Crippen LogP contribution is 2.24. The van der Waals surface area contributed by atoms with E-state index in [2.05, 4.69) is 32.6 Å². The number of nitrogens with one attached hydrogen (secondary N) is 1. The Labute approximate surface area is 180 Å². The van der Waals surface area contributed by atoms with Crippen molar-refractivity contribution in [3.05, 3.63) is 59.7 Å². The maximum absolute atomic E-state index is 12.2. The van der Waals surface area contributed by atoms with E-state index in [1.807, 2.05) is 6.07 Å². The van der Waals surface area contributed by atoms with E-state index in [4.69, 9.17) is 0 Å². The van der Waals surface area contributed by atoms with Crippen LogP contribution >= 0.6 is 12.4 Å². The van der Waals surface area contributed by atoms with Gasteiger partial charge in [0.15, 0.2) is 0 Å². The summed E-state index contributed by atoms with van der Waals surface area (Å²) in [5.74, 6) is -0.459. The van der Waals surface area contributed by atoms with Crippen LogP contribution in [0.15, 0.2) is 53.4 Å². The second-order valence-corrected chi connectivity index (χ2v) is 8.69. The highest BCUT2D eigenvalue weighted by atomic mass is 35.5. The van der Waals surface area contributed by atoms with Crippen molar-refractivity contribution in [2.24, 2.45) is 0 Å². The first-order valence-corrected chi connectivity index (χ1v) is 10.9. The van der Waals surface area contributed by atoms with Gasteiger partial charge in [0.2, 0.25) is 10.0 Å². The number of hydrogen-bond donors (Lipinski definition) is 1. The molecule has 0 aromatic heterocycles. The minimum atomic E-state index is -4.81. The number of unbranched alkanes of at least 4 members (excludes halogenated alkanes) is 1. The summed E-state index contributed by atoms with van der Waals surface area (Å²) >= 11 is 0. The summed E-state index contributed by atoms with van der Waals surface area (Å²) in [6.07, 6.45) is -2.26. The summed E-state index contributed by atoms with van der Waals surface area (Å²) in [6.45, 7) is 3.07. The lowest BCUT2D eigenvalue weighted by Crippen LogP contribution is -2.32. The van der Waals surface area contributed by atoms with Crippen LogP contribution in [0.5, 0.6) is 5.75 Å². The smallest absolute Gasteiger partial charge is 0.406 e. The summed E-state index contributed by atoms with van der Waals surface area (Å²) in [6, 6.07) is 12.5. The number of benzene rings is 2. The minimum Gasteiger partial charge on any atom is -0.406 e. The van der Waals surface area contributed by atoms with Crippen LogP contribution in [0, 0.1) is 0 Å². The third kappa shape index (κ3) is 7.16. The molecule has 0 atom stereocenters. The van der Waals surface area contributed by atoms with Crippen LogP contribution in [0.25, 0.3) is 0 Å². The van der Waals surface area contributed by atoms with E-state index in [-0.39, 0.29) is 23.8 Å². The van der Waals surface area contributed by atoms with Crippen LogP contribution in [-0.4, -0.2) is 39.3 Å². The Morgan fingerprint density at radius 3 is 2.33 bits per heavy atom. The van der Waals surface area contributed by atoms with Crippen molar-refractivity contribution in [1.29, 1.82) is 0 Å². The number of ether oxygens (including phenoxy) is 1. The molecule has 0 saturated carbocycles. The summed E-state index contributed by atoms with van der Waals surface area (Å²) in [7, 11) is -3.77. The lowest BCUT2D eigenvalue weighted by Gasteiger charge is -2.28. The Morgan fingerprint density at radius 1 is 1.00 bits per heavy atom. The number of sulfonamides is 1. The second-order valence-electron chi connectivity index (χ2n) is 6.92. The Hall–Kier alpha value is -1.81. The predicted molar refractivity (Wildman–Crippen MR) is 110 cm³/mol. The molecule has 30 heavy (non-hydrogen) atoms. The van der Waals surface area contributed by atoms with Crippen molar-refractivity contribution < 1.29 is 26.3 Å². The van der Waals surface area contributed by atoms with Crippen molar-refractivity contribution >= 4 is 22.4 Å². The summed E-state index contributed by atoms with van der Waals surface area (Å²) in [5, 5.41) is 0.